The molecule has 0 aliphatic carbocycles. The number of hydrogen-bond donors (Lipinski definition) is 1. The molecule has 0 aliphatic heterocycles. The Morgan fingerprint density at radius 3 is 2.91 bits per heavy atom. The zero-order valence-electron chi connectivity index (χ0n) is 12.5. The Hall–Kier alpha value is -2.80. The molecule has 2 N–H and O–H groups in total. The lowest BCUT2D eigenvalue weighted by Gasteiger charge is -2.09. The minimum absolute atomic E-state index is 0.306. The molecule has 3 aromatic rings. The van der Waals surface area contributed by atoms with Crippen LogP contribution in [0.1, 0.15) is 16.2 Å². The number of carbonyl (C=O) groups is 1. The van der Waals surface area contributed by atoms with E-state index >= 15 is 0 Å². The Morgan fingerprint density at radius 1 is 1.39 bits per heavy atom. The number of hydrogen-bond acceptors (Lipinski definition) is 5. The fourth-order valence-corrected chi connectivity index (χ4v) is 2.55. The quantitative estimate of drug-likeness (QED) is 0.743. The highest BCUT2D eigenvalue weighted by Crippen LogP contribution is 2.27. The summed E-state index contributed by atoms with van der Waals surface area (Å²) in [5, 5.41) is 0. The molecule has 0 aliphatic rings. The van der Waals surface area contributed by atoms with Crippen LogP contribution >= 0.6 is 0 Å². The van der Waals surface area contributed by atoms with Crippen molar-refractivity contribution < 1.29 is 13.9 Å². The second-order valence-electron chi connectivity index (χ2n) is 4.93. The third-order valence-electron chi connectivity index (χ3n) is 3.47. The lowest BCUT2D eigenvalue weighted by Crippen LogP contribution is -2.09. The third kappa shape index (κ3) is 2.66. The zero-order chi connectivity index (χ0) is 16.4. The number of aromatic nitrogens is 3. The topological polar surface area (TPSA) is 82.5 Å². The van der Waals surface area contributed by atoms with E-state index in [-0.39, 0.29) is 0 Å². The second kappa shape index (κ2) is 6.13. The molecular formula is C16H15FN4O2. The Kier molecular flexibility index (Phi) is 4.03. The molecule has 23 heavy (non-hydrogen) atoms. The van der Waals surface area contributed by atoms with Crippen LogP contribution in [0.25, 0.3) is 16.9 Å². The van der Waals surface area contributed by atoms with Crippen LogP contribution in [0.2, 0.25) is 0 Å². The summed E-state index contributed by atoms with van der Waals surface area (Å²) in [5.74, 6) is -0.968. The van der Waals surface area contributed by atoms with Crippen LogP contribution in [-0.4, -0.2) is 34.0 Å². The van der Waals surface area contributed by atoms with E-state index in [0.717, 1.165) is 6.20 Å². The number of methoxy groups -OCH3 is 1. The van der Waals surface area contributed by atoms with Crippen LogP contribution in [0, 0.1) is 5.82 Å². The zero-order valence-corrected chi connectivity index (χ0v) is 12.5. The van der Waals surface area contributed by atoms with Gasteiger partial charge in [0.05, 0.1) is 24.7 Å². The monoisotopic (exact) mass is 314 g/mol. The van der Waals surface area contributed by atoms with Crippen molar-refractivity contribution in [2.75, 3.05) is 13.7 Å². The van der Waals surface area contributed by atoms with Crippen LogP contribution in [0.15, 0.2) is 36.7 Å². The average Bonchev–Trinajstić information content (AvgIpc) is 2.92. The first-order valence-electron chi connectivity index (χ1n) is 7.05. The summed E-state index contributed by atoms with van der Waals surface area (Å²) in [6.45, 7) is 0.382. The highest BCUT2D eigenvalue weighted by Gasteiger charge is 2.20. The highest BCUT2D eigenvalue weighted by molar-refractivity contribution is 5.89. The van der Waals surface area contributed by atoms with Crippen molar-refractivity contribution in [1.82, 2.24) is 14.4 Å². The van der Waals surface area contributed by atoms with E-state index in [2.05, 4.69) is 9.97 Å². The summed E-state index contributed by atoms with van der Waals surface area (Å²) < 4.78 is 20.1. The largest absolute Gasteiger partial charge is 0.464 e. The standard InChI is InChI=1S/C16H15FN4O2/c1-23-16(22)13-3-2-4-14-20-12(5-6-18)15(21(13)14)10-7-11(17)9-19-8-10/h2-4,7-9H,5-6,18H2,1H3. The number of ether oxygens (including phenoxy) is 1. The van der Waals surface area contributed by atoms with Gasteiger partial charge in [0, 0.05) is 18.2 Å². The van der Waals surface area contributed by atoms with Crippen LogP contribution < -0.4 is 5.73 Å². The van der Waals surface area contributed by atoms with Crippen molar-refractivity contribution in [1.29, 1.82) is 0 Å². The molecule has 3 aromatic heterocycles. The van der Waals surface area contributed by atoms with E-state index in [1.807, 2.05) is 0 Å². The molecule has 0 unspecified atom stereocenters. The molecule has 7 heteroatoms. The van der Waals surface area contributed by atoms with Crippen molar-refractivity contribution >= 4 is 11.6 Å². The molecule has 0 bridgehead atoms. The minimum atomic E-state index is -0.502. The molecular weight excluding hydrogens is 299 g/mol. The Morgan fingerprint density at radius 2 is 2.22 bits per heavy atom. The van der Waals surface area contributed by atoms with E-state index in [1.54, 1.807) is 22.6 Å². The van der Waals surface area contributed by atoms with E-state index in [1.165, 1.54) is 19.4 Å². The first-order valence-corrected chi connectivity index (χ1v) is 7.05. The second-order valence-corrected chi connectivity index (χ2v) is 4.93. The first-order chi connectivity index (χ1) is 11.2. The predicted octanol–water partition coefficient (Wildman–Crippen LogP) is 1.82. The molecule has 0 saturated heterocycles. The Balaban J connectivity index is 2.36. The fourth-order valence-electron chi connectivity index (χ4n) is 2.55. The van der Waals surface area contributed by atoms with Gasteiger partial charge in [-0.3, -0.25) is 9.38 Å². The molecule has 0 aromatic carbocycles. The van der Waals surface area contributed by atoms with Crippen molar-refractivity contribution in [2.45, 2.75) is 6.42 Å². The van der Waals surface area contributed by atoms with Gasteiger partial charge in [-0.1, -0.05) is 6.07 Å². The normalized spacial score (nSPS) is 10.9. The van der Waals surface area contributed by atoms with Gasteiger partial charge in [-0.05, 0) is 24.7 Å². The summed E-state index contributed by atoms with van der Waals surface area (Å²) in [6, 6.07) is 6.46. The molecule has 0 atom stereocenters. The maximum Gasteiger partial charge on any atom is 0.355 e. The first kappa shape index (κ1) is 15.1. The number of halogens is 1. The maximum atomic E-state index is 13.6. The molecule has 0 amide bonds. The molecule has 0 saturated carbocycles. The van der Waals surface area contributed by atoms with E-state index in [9.17, 15) is 9.18 Å². The van der Waals surface area contributed by atoms with Crippen LogP contribution in [0.4, 0.5) is 4.39 Å². The van der Waals surface area contributed by atoms with Gasteiger partial charge >= 0.3 is 5.97 Å². The van der Waals surface area contributed by atoms with E-state index in [0.29, 0.717) is 41.3 Å². The van der Waals surface area contributed by atoms with Crippen molar-refractivity contribution in [3.8, 4) is 11.3 Å². The lowest BCUT2D eigenvalue weighted by atomic mass is 10.1. The summed E-state index contributed by atoms with van der Waals surface area (Å²) >= 11 is 0. The fraction of sp³-hybridized carbons (Fsp3) is 0.188. The number of esters is 1. The van der Waals surface area contributed by atoms with Gasteiger partial charge in [0.1, 0.15) is 17.2 Å². The molecule has 0 spiro atoms. The summed E-state index contributed by atoms with van der Waals surface area (Å²) in [6.07, 6.45) is 3.14. The SMILES string of the molecule is COC(=O)c1cccc2nc(CCN)c(-c3cncc(F)c3)n12. The number of rotatable bonds is 4. The molecule has 0 fully saturated rings. The van der Waals surface area contributed by atoms with E-state index in [4.69, 9.17) is 10.5 Å². The van der Waals surface area contributed by atoms with Gasteiger partial charge in [0.2, 0.25) is 0 Å². The molecule has 3 heterocycles. The van der Waals surface area contributed by atoms with Gasteiger partial charge in [-0.25, -0.2) is 14.2 Å². The van der Waals surface area contributed by atoms with Crippen LogP contribution in [-0.2, 0) is 11.2 Å². The van der Waals surface area contributed by atoms with Gasteiger partial charge in [0.15, 0.2) is 0 Å². The smallest absolute Gasteiger partial charge is 0.355 e. The summed E-state index contributed by atoms with van der Waals surface area (Å²) in [7, 11) is 1.31. The third-order valence-corrected chi connectivity index (χ3v) is 3.47. The number of imidazole rings is 1. The number of carbonyl (C=O) groups excluding carboxylic acids is 1. The van der Waals surface area contributed by atoms with Crippen molar-refractivity contribution in [3.63, 3.8) is 0 Å². The molecule has 118 valence electrons. The van der Waals surface area contributed by atoms with Gasteiger partial charge in [-0.2, -0.15) is 0 Å². The van der Waals surface area contributed by atoms with E-state index < -0.39 is 11.8 Å². The lowest BCUT2D eigenvalue weighted by molar-refractivity contribution is 0.0592. The summed E-state index contributed by atoms with van der Waals surface area (Å²) in [4.78, 5) is 20.4. The Bertz CT molecular complexity index is 876. The van der Waals surface area contributed by atoms with Gasteiger partial charge in [-0.15, -0.1) is 0 Å². The maximum absolute atomic E-state index is 13.6. The Labute approximate surface area is 131 Å². The molecule has 3 rings (SSSR count). The number of fused-ring (bicyclic) bond motifs is 1. The van der Waals surface area contributed by atoms with Gasteiger partial charge in [0.25, 0.3) is 0 Å². The number of pyridine rings is 2. The molecule has 0 radical (unpaired) electrons. The van der Waals surface area contributed by atoms with Crippen molar-refractivity contribution in [2.24, 2.45) is 5.73 Å². The highest BCUT2D eigenvalue weighted by atomic mass is 19.1. The molecule has 6 nitrogen and oxygen atoms in total. The number of nitrogens with two attached hydrogens (primary N) is 1. The van der Waals surface area contributed by atoms with Crippen LogP contribution in [0.3, 0.4) is 0 Å². The van der Waals surface area contributed by atoms with Crippen molar-refractivity contribution in [3.05, 3.63) is 53.9 Å². The minimum Gasteiger partial charge on any atom is -0.464 e. The predicted molar refractivity (Wildman–Crippen MR) is 82.5 cm³/mol. The van der Waals surface area contributed by atoms with Gasteiger partial charge < -0.3 is 10.5 Å². The number of nitrogens with zero attached hydrogens (tertiary/aromatic N) is 3. The summed E-state index contributed by atoms with van der Waals surface area (Å²) in [5.41, 5.74) is 8.32. The average molecular weight is 314 g/mol. The van der Waals surface area contributed by atoms with Crippen LogP contribution in [0.5, 0.6) is 0 Å².